The number of hydrogen-bond acceptors (Lipinski definition) is 5. The van der Waals surface area contributed by atoms with Gasteiger partial charge in [0.25, 0.3) is 10.1 Å². The van der Waals surface area contributed by atoms with E-state index in [1.165, 1.54) is 30.3 Å². The fourth-order valence-corrected chi connectivity index (χ4v) is 1.86. The van der Waals surface area contributed by atoms with Gasteiger partial charge in [0.2, 0.25) is 0 Å². The molecule has 1 aromatic carbocycles. The van der Waals surface area contributed by atoms with Crippen molar-refractivity contribution < 1.29 is 77.3 Å². The Morgan fingerprint density at radius 2 is 1.61 bits per heavy atom. The van der Waals surface area contributed by atoms with E-state index in [1.54, 1.807) is 0 Å². The molecule has 0 aliphatic carbocycles. The number of rotatable bonds is 4. The maximum absolute atomic E-state index is 10.7. The molecule has 0 fully saturated rings. The van der Waals surface area contributed by atoms with Crippen LogP contribution in [0.4, 0.5) is 0 Å². The van der Waals surface area contributed by atoms with Crippen LogP contribution in [0.5, 0.6) is 0 Å². The molecule has 0 saturated heterocycles. The molecule has 0 unspecified atom stereocenters. The van der Waals surface area contributed by atoms with Gasteiger partial charge in [-0.15, -0.1) is 0 Å². The van der Waals surface area contributed by atoms with Gasteiger partial charge in [-0.2, -0.15) is 8.42 Å². The molecule has 0 spiro atoms. The van der Waals surface area contributed by atoms with E-state index in [0.29, 0.717) is 5.56 Å². The van der Waals surface area contributed by atoms with Gasteiger partial charge in [0, 0.05) is 0 Å². The summed E-state index contributed by atoms with van der Waals surface area (Å²) in [5.74, 6) is -0.632. The predicted molar refractivity (Wildman–Crippen MR) is 59.9 cm³/mol. The van der Waals surface area contributed by atoms with Crippen molar-refractivity contribution in [3.05, 3.63) is 35.9 Å². The van der Waals surface area contributed by atoms with Gasteiger partial charge in [-0.25, -0.2) is 8.42 Å². The zero-order valence-corrected chi connectivity index (χ0v) is 14.2. The topological polar surface area (TPSA) is 112 Å². The first kappa shape index (κ1) is 18.4. The fraction of sp³-hybridized carbons (Fsp3) is 0.111. The van der Waals surface area contributed by atoms with Gasteiger partial charge in [0.15, 0.2) is 0 Å². The van der Waals surface area contributed by atoms with Crippen LogP contribution in [0, 0.1) is 0 Å². The monoisotopic (exact) mass is 316 g/mol. The largest absolute Gasteiger partial charge is 1.00 e. The minimum atomic E-state index is -4.30. The van der Waals surface area contributed by atoms with Crippen LogP contribution in [0.1, 0.15) is 5.56 Å². The summed E-state index contributed by atoms with van der Waals surface area (Å²) in [5.41, 5.74) is 0.515. The van der Waals surface area contributed by atoms with Crippen molar-refractivity contribution in [3.8, 4) is 0 Å². The van der Waals surface area contributed by atoms with E-state index in [9.17, 15) is 21.4 Å². The first-order chi connectivity index (χ1) is 7.68. The summed E-state index contributed by atoms with van der Waals surface area (Å²) in [7, 11) is -8.53. The summed E-state index contributed by atoms with van der Waals surface area (Å²) in [6.45, 7) is 0. The van der Waals surface area contributed by atoms with Gasteiger partial charge < -0.3 is 4.55 Å². The smallest absolute Gasteiger partial charge is 0.748 e. The maximum atomic E-state index is 10.7. The van der Waals surface area contributed by atoms with E-state index < -0.39 is 26.0 Å². The molecule has 9 heteroatoms. The van der Waals surface area contributed by atoms with Gasteiger partial charge in [-0.1, -0.05) is 24.3 Å². The molecule has 94 valence electrons. The molecular weight excluding hydrogens is 307 g/mol. The van der Waals surface area contributed by atoms with Gasteiger partial charge in [0.05, 0.1) is 20.8 Å². The molecule has 6 nitrogen and oxygen atoms in total. The normalized spacial score (nSPS) is 12.3. The third kappa shape index (κ3) is 7.12. The average Bonchev–Trinajstić information content (AvgIpc) is 2.15. The van der Waals surface area contributed by atoms with E-state index in [1.807, 2.05) is 0 Å². The molecule has 0 bridgehead atoms. The molecule has 0 saturated carbocycles. The quantitative estimate of drug-likeness (QED) is 0.485. The minimum absolute atomic E-state index is 0. The Labute approximate surface area is 148 Å². The Balaban J connectivity index is 0.00000289. The van der Waals surface area contributed by atoms with Crippen LogP contribution in [0.2, 0.25) is 0 Å². The average molecular weight is 316 g/mol. The van der Waals surface area contributed by atoms with Crippen molar-refractivity contribution in [2.45, 2.75) is 4.90 Å². The minimum Gasteiger partial charge on any atom is -0.748 e. The van der Waals surface area contributed by atoms with Crippen LogP contribution < -0.4 is 51.4 Å². The van der Waals surface area contributed by atoms with Gasteiger partial charge in [-0.3, -0.25) is 4.55 Å². The molecule has 18 heavy (non-hydrogen) atoms. The third-order valence-corrected chi connectivity index (χ3v) is 3.26. The second-order valence-corrected chi connectivity index (χ2v) is 6.04. The molecule has 0 amide bonds. The van der Waals surface area contributed by atoms with Crippen molar-refractivity contribution in [1.82, 2.24) is 0 Å². The standard InChI is InChI=1S/C9H10O6S2.K/c10-16(11,12)7-1-2-8-3-5-9(6-4-8)17(13,14)15;/h1-6H,7H2,(H,10,11,12)(H,13,14,15);/q;+1/p-1/b2-1+;. The second kappa shape index (κ2) is 7.27. The van der Waals surface area contributed by atoms with E-state index in [0.717, 1.165) is 6.08 Å². The molecule has 1 aromatic rings. The van der Waals surface area contributed by atoms with Crippen molar-refractivity contribution in [3.63, 3.8) is 0 Å². The Morgan fingerprint density at radius 3 is 2.00 bits per heavy atom. The van der Waals surface area contributed by atoms with E-state index in [-0.39, 0.29) is 56.3 Å². The van der Waals surface area contributed by atoms with Crippen LogP contribution in [-0.4, -0.2) is 31.7 Å². The van der Waals surface area contributed by atoms with Crippen LogP contribution in [0.3, 0.4) is 0 Å². The molecule has 1 rings (SSSR count). The second-order valence-electron chi connectivity index (χ2n) is 3.17. The molecular formula is C9H9KO6S2. The molecule has 0 aliphatic heterocycles. The molecule has 0 aliphatic rings. The van der Waals surface area contributed by atoms with Crippen LogP contribution in [-0.2, 0) is 20.2 Å². The predicted octanol–water partition coefficient (Wildman–Crippen LogP) is -2.50. The third-order valence-electron chi connectivity index (χ3n) is 1.79. The van der Waals surface area contributed by atoms with E-state index >= 15 is 0 Å². The first-order valence-corrected chi connectivity index (χ1v) is 7.38. The zero-order chi connectivity index (χ0) is 13.1. The number of hydrogen-bond donors (Lipinski definition) is 1. The fourth-order valence-electron chi connectivity index (χ4n) is 1.05. The van der Waals surface area contributed by atoms with Gasteiger partial charge in [0.1, 0.15) is 0 Å². The van der Waals surface area contributed by atoms with E-state index in [2.05, 4.69) is 0 Å². The molecule has 0 radical (unpaired) electrons. The zero-order valence-electron chi connectivity index (χ0n) is 9.48. The van der Waals surface area contributed by atoms with Gasteiger partial charge in [-0.05, 0) is 17.7 Å². The molecule has 0 atom stereocenters. The van der Waals surface area contributed by atoms with Crippen molar-refractivity contribution in [2.75, 3.05) is 5.75 Å². The summed E-state index contributed by atoms with van der Waals surface area (Å²) in [5, 5.41) is 0. The van der Waals surface area contributed by atoms with Crippen molar-refractivity contribution >= 4 is 26.3 Å². The summed E-state index contributed by atoms with van der Waals surface area (Å²) in [6, 6.07) is 5.08. The molecule has 1 N–H and O–H groups in total. The number of benzene rings is 1. The first-order valence-electron chi connectivity index (χ1n) is 4.36. The summed E-state index contributed by atoms with van der Waals surface area (Å²) >= 11 is 0. The Kier molecular flexibility index (Phi) is 7.43. The Morgan fingerprint density at radius 1 is 1.11 bits per heavy atom. The van der Waals surface area contributed by atoms with Crippen LogP contribution in [0.25, 0.3) is 6.08 Å². The van der Waals surface area contributed by atoms with Crippen molar-refractivity contribution in [1.29, 1.82) is 0 Å². The Bertz CT molecular complexity index is 616. The van der Waals surface area contributed by atoms with Gasteiger partial charge >= 0.3 is 51.4 Å². The summed E-state index contributed by atoms with van der Waals surface area (Å²) in [4.78, 5) is -0.258. The molecule has 0 heterocycles. The summed E-state index contributed by atoms with van der Waals surface area (Å²) in [6.07, 6.45) is 2.52. The maximum Gasteiger partial charge on any atom is 1.00 e. The SMILES string of the molecule is O=S(=O)([O-])C/C=C/c1ccc(S(=O)(=O)O)cc1.[K+]. The summed E-state index contributed by atoms with van der Waals surface area (Å²) < 4.78 is 61.0. The van der Waals surface area contributed by atoms with Crippen LogP contribution >= 0.6 is 0 Å². The van der Waals surface area contributed by atoms with E-state index in [4.69, 9.17) is 4.55 Å². The Hall–Kier alpha value is 0.416. The molecule has 0 aromatic heterocycles. The van der Waals surface area contributed by atoms with Crippen molar-refractivity contribution in [2.24, 2.45) is 0 Å². The van der Waals surface area contributed by atoms with Crippen LogP contribution in [0.15, 0.2) is 35.2 Å².